The van der Waals surface area contributed by atoms with E-state index in [0.717, 1.165) is 11.3 Å². The number of non-ortho nitro benzene ring substituents is 1. The first kappa shape index (κ1) is 19.1. The van der Waals surface area contributed by atoms with Crippen LogP contribution in [0.15, 0.2) is 24.3 Å². The maximum absolute atomic E-state index is 12.4. The van der Waals surface area contributed by atoms with Gasteiger partial charge in [0.15, 0.2) is 0 Å². The number of nitro groups is 1. The Morgan fingerprint density at radius 1 is 1.08 bits per heavy atom. The molecular weight excluding hydrogens is 364 g/mol. The monoisotopic (exact) mass is 378 g/mol. The molecule has 2 aromatic rings. The van der Waals surface area contributed by atoms with Crippen molar-refractivity contribution >= 4 is 39.9 Å². The molecule has 1 amide bonds. The van der Waals surface area contributed by atoms with E-state index in [-0.39, 0.29) is 26.7 Å². The van der Waals surface area contributed by atoms with E-state index >= 15 is 0 Å². The molecule has 0 radical (unpaired) electrons. The summed E-state index contributed by atoms with van der Waals surface area (Å²) in [6, 6.07) is 4.95. The molecular formula is C16H14N2O7S. The van der Waals surface area contributed by atoms with Crippen LogP contribution in [0, 0.1) is 17.0 Å². The number of anilines is 1. The molecule has 10 heteroatoms. The number of hydrogen-bond acceptors (Lipinski definition) is 8. The van der Waals surface area contributed by atoms with Gasteiger partial charge >= 0.3 is 11.9 Å². The molecule has 0 aliphatic rings. The molecule has 1 aromatic carbocycles. The molecule has 1 N–H and O–H groups in total. The summed E-state index contributed by atoms with van der Waals surface area (Å²) in [6.45, 7) is 1.54. The molecule has 0 saturated carbocycles. The second kappa shape index (κ2) is 7.74. The van der Waals surface area contributed by atoms with Crippen LogP contribution in [-0.4, -0.2) is 37.0 Å². The first-order valence-corrected chi connectivity index (χ1v) is 7.97. The summed E-state index contributed by atoms with van der Waals surface area (Å²) in [6.07, 6.45) is 0. The zero-order chi connectivity index (χ0) is 19.4. The lowest BCUT2D eigenvalue weighted by Crippen LogP contribution is -2.14. The summed E-state index contributed by atoms with van der Waals surface area (Å²) in [5, 5.41) is 13.3. The van der Waals surface area contributed by atoms with Crippen molar-refractivity contribution in [2.24, 2.45) is 0 Å². The predicted octanol–water partition coefficient (Wildman–Crippen LogP) is 2.79. The van der Waals surface area contributed by atoms with E-state index in [0.29, 0.717) is 5.56 Å². The Bertz CT molecular complexity index is 887. The van der Waals surface area contributed by atoms with Gasteiger partial charge in [-0.15, -0.1) is 11.3 Å². The number of thiophene rings is 1. The van der Waals surface area contributed by atoms with E-state index in [1.807, 2.05) is 0 Å². The number of ether oxygens (including phenoxy) is 2. The largest absolute Gasteiger partial charge is 0.465 e. The third kappa shape index (κ3) is 3.70. The Morgan fingerprint density at radius 3 is 2.15 bits per heavy atom. The molecule has 26 heavy (non-hydrogen) atoms. The minimum absolute atomic E-state index is 0.0492. The number of benzene rings is 1. The highest BCUT2D eigenvalue weighted by Gasteiger charge is 2.27. The van der Waals surface area contributed by atoms with E-state index in [1.54, 1.807) is 0 Å². The highest BCUT2D eigenvalue weighted by molar-refractivity contribution is 7.18. The van der Waals surface area contributed by atoms with Gasteiger partial charge in [-0.2, -0.15) is 0 Å². The van der Waals surface area contributed by atoms with Gasteiger partial charge in [0.05, 0.1) is 24.7 Å². The van der Waals surface area contributed by atoms with Crippen LogP contribution in [0.2, 0.25) is 0 Å². The highest BCUT2D eigenvalue weighted by atomic mass is 32.1. The smallest absolute Gasteiger partial charge is 0.348 e. The average Bonchev–Trinajstić information content (AvgIpc) is 2.96. The molecule has 136 valence electrons. The van der Waals surface area contributed by atoms with Crippen molar-refractivity contribution in [2.45, 2.75) is 6.92 Å². The summed E-state index contributed by atoms with van der Waals surface area (Å²) in [4.78, 5) is 46.5. The maximum atomic E-state index is 12.4. The fourth-order valence-corrected chi connectivity index (χ4v) is 3.25. The number of nitro benzene ring substituents is 1. The number of methoxy groups -OCH3 is 2. The summed E-state index contributed by atoms with van der Waals surface area (Å²) < 4.78 is 9.37. The molecule has 2 rings (SSSR count). The molecule has 0 atom stereocenters. The highest BCUT2D eigenvalue weighted by Crippen LogP contribution is 2.34. The van der Waals surface area contributed by atoms with Crippen molar-refractivity contribution in [3.63, 3.8) is 0 Å². The van der Waals surface area contributed by atoms with E-state index in [4.69, 9.17) is 4.74 Å². The van der Waals surface area contributed by atoms with Gasteiger partial charge in [-0.1, -0.05) is 0 Å². The lowest BCUT2D eigenvalue weighted by molar-refractivity contribution is -0.384. The topological polar surface area (TPSA) is 125 Å². The van der Waals surface area contributed by atoms with Crippen LogP contribution < -0.4 is 5.32 Å². The molecule has 1 heterocycles. The number of nitrogens with zero attached hydrogens (tertiary/aromatic N) is 1. The Labute approximate surface area is 151 Å². The van der Waals surface area contributed by atoms with Crippen LogP contribution in [0.4, 0.5) is 10.7 Å². The Kier molecular flexibility index (Phi) is 5.68. The Balaban J connectivity index is 2.38. The fraction of sp³-hybridized carbons (Fsp3) is 0.188. The van der Waals surface area contributed by atoms with Gasteiger partial charge in [0.1, 0.15) is 9.88 Å². The fourth-order valence-electron chi connectivity index (χ4n) is 2.15. The van der Waals surface area contributed by atoms with E-state index in [9.17, 15) is 24.5 Å². The van der Waals surface area contributed by atoms with Crippen LogP contribution in [0.1, 0.15) is 36.0 Å². The molecule has 0 saturated heterocycles. The van der Waals surface area contributed by atoms with Crippen molar-refractivity contribution < 1.29 is 28.8 Å². The van der Waals surface area contributed by atoms with Gasteiger partial charge in [-0.05, 0) is 24.6 Å². The summed E-state index contributed by atoms with van der Waals surface area (Å²) in [5.74, 6) is -1.95. The predicted molar refractivity (Wildman–Crippen MR) is 92.8 cm³/mol. The summed E-state index contributed by atoms with van der Waals surface area (Å²) >= 11 is 0.878. The second-order valence-electron chi connectivity index (χ2n) is 5.00. The number of carbonyl (C=O) groups excluding carboxylic acids is 3. The van der Waals surface area contributed by atoms with Crippen molar-refractivity contribution in [3.05, 3.63) is 55.9 Å². The third-order valence-electron chi connectivity index (χ3n) is 3.47. The number of nitrogens with one attached hydrogen (secondary N) is 1. The summed E-state index contributed by atoms with van der Waals surface area (Å²) in [7, 11) is 2.38. The number of esters is 2. The Hall–Kier alpha value is -3.27. The van der Waals surface area contributed by atoms with Crippen LogP contribution in [0.25, 0.3) is 0 Å². The van der Waals surface area contributed by atoms with Crippen LogP contribution >= 0.6 is 11.3 Å². The van der Waals surface area contributed by atoms with Gasteiger partial charge in [0.2, 0.25) is 0 Å². The number of hydrogen-bond donors (Lipinski definition) is 1. The molecule has 1 aromatic heterocycles. The third-order valence-corrected chi connectivity index (χ3v) is 4.66. The van der Waals surface area contributed by atoms with Gasteiger partial charge in [-0.3, -0.25) is 14.9 Å². The first-order chi connectivity index (χ1) is 12.3. The molecule has 0 bridgehead atoms. The van der Waals surface area contributed by atoms with Gasteiger partial charge < -0.3 is 14.8 Å². The van der Waals surface area contributed by atoms with Crippen LogP contribution in [0.3, 0.4) is 0 Å². The van der Waals surface area contributed by atoms with Gasteiger partial charge in [0, 0.05) is 17.7 Å². The SMILES string of the molecule is COC(=O)c1sc(NC(=O)c2ccc([N+](=O)[O-])cc2)c(C(=O)OC)c1C. The van der Waals surface area contributed by atoms with Gasteiger partial charge in [0.25, 0.3) is 11.6 Å². The van der Waals surface area contributed by atoms with E-state index in [1.165, 1.54) is 45.4 Å². The standard InChI is InChI=1S/C16H14N2O7S/c1-8-11(15(20)24-2)14(26-12(8)16(21)25-3)17-13(19)9-4-6-10(7-5-9)18(22)23/h4-7H,1-3H3,(H,17,19). The minimum Gasteiger partial charge on any atom is -0.465 e. The molecule has 0 aliphatic carbocycles. The molecule has 0 fully saturated rings. The lowest BCUT2D eigenvalue weighted by Gasteiger charge is -2.06. The summed E-state index contributed by atoms with van der Waals surface area (Å²) in [5.41, 5.74) is 0.370. The van der Waals surface area contributed by atoms with Crippen molar-refractivity contribution in [2.75, 3.05) is 19.5 Å². The van der Waals surface area contributed by atoms with Crippen molar-refractivity contribution in [1.82, 2.24) is 0 Å². The molecule has 0 spiro atoms. The van der Waals surface area contributed by atoms with Crippen LogP contribution in [-0.2, 0) is 9.47 Å². The Morgan fingerprint density at radius 2 is 1.65 bits per heavy atom. The normalized spacial score (nSPS) is 10.1. The lowest BCUT2D eigenvalue weighted by atomic mass is 10.1. The minimum atomic E-state index is -0.715. The van der Waals surface area contributed by atoms with E-state index < -0.39 is 22.8 Å². The van der Waals surface area contributed by atoms with Gasteiger partial charge in [-0.25, -0.2) is 9.59 Å². The van der Waals surface area contributed by atoms with Crippen molar-refractivity contribution in [3.8, 4) is 0 Å². The number of rotatable bonds is 5. The molecule has 0 aliphatic heterocycles. The first-order valence-electron chi connectivity index (χ1n) is 7.16. The van der Waals surface area contributed by atoms with Crippen LogP contribution in [0.5, 0.6) is 0 Å². The zero-order valence-corrected chi connectivity index (χ0v) is 14.8. The zero-order valence-electron chi connectivity index (χ0n) is 14.0. The number of amides is 1. The average molecular weight is 378 g/mol. The maximum Gasteiger partial charge on any atom is 0.348 e. The van der Waals surface area contributed by atoms with Crippen molar-refractivity contribution in [1.29, 1.82) is 0 Å². The molecule has 0 unspecified atom stereocenters. The molecule has 9 nitrogen and oxygen atoms in total. The quantitative estimate of drug-likeness (QED) is 0.482. The second-order valence-corrected chi connectivity index (χ2v) is 6.02. The number of carbonyl (C=O) groups is 3. The van der Waals surface area contributed by atoms with E-state index in [2.05, 4.69) is 10.1 Å².